The lowest BCUT2D eigenvalue weighted by Crippen LogP contribution is -2.38. The van der Waals surface area contributed by atoms with Gasteiger partial charge in [0.15, 0.2) is 0 Å². The number of aliphatic hydroxyl groups is 1. The Hall–Kier alpha value is -0.420. The quantitative estimate of drug-likeness (QED) is 0.733. The number of thiophene rings is 1. The zero-order valence-electron chi connectivity index (χ0n) is 12.5. The molecule has 3 nitrogen and oxygen atoms in total. The summed E-state index contributed by atoms with van der Waals surface area (Å²) >= 11 is 1.68. The molecule has 0 radical (unpaired) electrons. The Bertz CT molecular complexity index is 336. The third kappa shape index (κ3) is 6.52. The Balaban J connectivity index is 2.09. The standard InChI is InChI=1S/C15H27NO2S/c1-12(2)15(3,4)11-16-8-13(17)9-18-10-14-6-5-7-19-14/h5-7,12-13,16-17H,8-11H2,1-4H3. The van der Waals surface area contributed by atoms with Gasteiger partial charge in [0.25, 0.3) is 0 Å². The minimum atomic E-state index is -0.442. The first-order valence-corrected chi connectivity index (χ1v) is 7.78. The molecule has 110 valence electrons. The maximum Gasteiger partial charge on any atom is 0.0897 e. The zero-order valence-corrected chi connectivity index (χ0v) is 13.3. The van der Waals surface area contributed by atoms with E-state index in [2.05, 4.69) is 33.0 Å². The molecule has 1 rings (SSSR count). The highest BCUT2D eigenvalue weighted by atomic mass is 32.1. The summed E-state index contributed by atoms with van der Waals surface area (Å²) in [6.07, 6.45) is -0.442. The van der Waals surface area contributed by atoms with Crippen LogP contribution < -0.4 is 5.32 Å². The van der Waals surface area contributed by atoms with Gasteiger partial charge in [0.1, 0.15) is 0 Å². The van der Waals surface area contributed by atoms with Gasteiger partial charge in [-0.2, -0.15) is 0 Å². The highest BCUT2D eigenvalue weighted by Crippen LogP contribution is 2.24. The molecule has 1 aromatic heterocycles. The molecule has 0 saturated carbocycles. The van der Waals surface area contributed by atoms with Crippen LogP contribution in [0.15, 0.2) is 17.5 Å². The first kappa shape index (κ1) is 16.6. The van der Waals surface area contributed by atoms with Gasteiger partial charge in [0, 0.05) is 18.0 Å². The number of hydrogen-bond donors (Lipinski definition) is 2. The van der Waals surface area contributed by atoms with Crippen molar-refractivity contribution in [2.75, 3.05) is 19.7 Å². The Morgan fingerprint density at radius 3 is 2.74 bits per heavy atom. The van der Waals surface area contributed by atoms with Crippen LogP contribution in [0.5, 0.6) is 0 Å². The van der Waals surface area contributed by atoms with Crippen molar-refractivity contribution in [3.8, 4) is 0 Å². The molecule has 0 aliphatic heterocycles. The number of rotatable bonds is 9. The molecule has 1 aromatic rings. The van der Waals surface area contributed by atoms with Crippen LogP contribution in [0.2, 0.25) is 0 Å². The second-order valence-electron chi connectivity index (χ2n) is 6.02. The van der Waals surface area contributed by atoms with Crippen molar-refractivity contribution in [1.29, 1.82) is 0 Å². The van der Waals surface area contributed by atoms with E-state index in [-0.39, 0.29) is 5.41 Å². The monoisotopic (exact) mass is 285 g/mol. The van der Waals surface area contributed by atoms with E-state index in [1.807, 2.05) is 17.5 Å². The summed E-state index contributed by atoms with van der Waals surface area (Å²) in [6.45, 7) is 11.4. The molecule has 0 aliphatic carbocycles. The Labute approximate surface area is 121 Å². The van der Waals surface area contributed by atoms with Crippen LogP contribution in [-0.4, -0.2) is 30.9 Å². The topological polar surface area (TPSA) is 41.5 Å². The lowest BCUT2D eigenvalue weighted by molar-refractivity contribution is 0.0283. The lowest BCUT2D eigenvalue weighted by atomic mass is 9.81. The van der Waals surface area contributed by atoms with Gasteiger partial charge in [-0.1, -0.05) is 33.8 Å². The fourth-order valence-corrected chi connectivity index (χ4v) is 2.15. The van der Waals surface area contributed by atoms with Gasteiger partial charge in [-0.3, -0.25) is 0 Å². The van der Waals surface area contributed by atoms with Gasteiger partial charge >= 0.3 is 0 Å². The second kappa shape index (κ2) is 8.00. The summed E-state index contributed by atoms with van der Waals surface area (Å²) in [4.78, 5) is 1.20. The molecule has 0 bridgehead atoms. The van der Waals surface area contributed by atoms with E-state index in [9.17, 15) is 5.11 Å². The van der Waals surface area contributed by atoms with Crippen LogP contribution >= 0.6 is 11.3 Å². The molecule has 1 unspecified atom stereocenters. The molecule has 4 heteroatoms. The van der Waals surface area contributed by atoms with Gasteiger partial charge in [0.2, 0.25) is 0 Å². The second-order valence-corrected chi connectivity index (χ2v) is 7.05. The van der Waals surface area contributed by atoms with E-state index >= 15 is 0 Å². The molecule has 0 amide bonds. The van der Waals surface area contributed by atoms with Crippen LogP contribution in [0.3, 0.4) is 0 Å². The summed E-state index contributed by atoms with van der Waals surface area (Å²) in [7, 11) is 0. The fourth-order valence-electron chi connectivity index (χ4n) is 1.51. The minimum absolute atomic E-state index is 0.248. The van der Waals surface area contributed by atoms with Crippen LogP contribution in [0.1, 0.15) is 32.6 Å². The smallest absolute Gasteiger partial charge is 0.0897 e. The molecule has 1 atom stereocenters. The highest BCUT2D eigenvalue weighted by molar-refractivity contribution is 7.09. The molecular formula is C15H27NO2S. The highest BCUT2D eigenvalue weighted by Gasteiger charge is 2.21. The van der Waals surface area contributed by atoms with Crippen molar-refractivity contribution in [3.63, 3.8) is 0 Å². The number of hydrogen-bond acceptors (Lipinski definition) is 4. The van der Waals surface area contributed by atoms with Crippen LogP contribution in [0.4, 0.5) is 0 Å². The van der Waals surface area contributed by atoms with E-state index in [0.717, 1.165) is 6.54 Å². The van der Waals surface area contributed by atoms with Crippen LogP contribution in [-0.2, 0) is 11.3 Å². The number of aliphatic hydroxyl groups excluding tert-OH is 1. The van der Waals surface area contributed by atoms with E-state index < -0.39 is 6.10 Å². The van der Waals surface area contributed by atoms with Crippen molar-refractivity contribution in [2.24, 2.45) is 11.3 Å². The van der Waals surface area contributed by atoms with Crippen molar-refractivity contribution < 1.29 is 9.84 Å². The van der Waals surface area contributed by atoms with Gasteiger partial charge in [-0.15, -0.1) is 11.3 Å². The predicted molar refractivity (Wildman–Crippen MR) is 81.5 cm³/mol. The summed E-state index contributed by atoms with van der Waals surface area (Å²) in [5, 5.41) is 15.2. The van der Waals surface area contributed by atoms with Crippen molar-refractivity contribution >= 4 is 11.3 Å². The molecule has 0 saturated heterocycles. The molecule has 1 heterocycles. The van der Waals surface area contributed by atoms with Crippen molar-refractivity contribution in [3.05, 3.63) is 22.4 Å². The van der Waals surface area contributed by atoms with Gasteiger partial charge in [-0.05, 0) is 22.8 Å². The first-order chi connectivity index (χ1) is 8.92. The van der Waals surface area contributed by atoms with Crippen molar-refractivity contribution in [1.82, 2.24) is 5.32 Å². The van der Waals surface area contributed by atoms with Gasteiger partial charge in [0.05, 0.1) is 19.3 Å². The molecule has 0 fully saturated rings. The maximum absolute atomic E-state index is 9.83. The molecular weight excluding hydrogens is 258 g/mol. The maximum atomic E-state index is 9.83. The van der Waals surface area contributed by atoms with E-state index in [1.165, 1.54) is 4.88 Å². The largest absolute Gasteiger partial charge is 0.389 e. The Morgan fingerprint density at radius 2 is 2.16 bits per heavy atom. The SMILES string of the molecule is CC(C)C(C)(C)CNCC(O)COCc1cccs1. The van der Waals surface area contributed by atoms with E-state index in [1.54, 1.807) is 11.3 Å². The Morgan fingerprint density at radius 1 is 1.42 bits per heavy atom. The molecule has 0 aliphatic rings. The summed E-state index contributed by atoms with van der Waals surface area (Å²) in [6, 6.07) is 4.05. The van der Waals surface area contributed by atoms with Crippen LogP contribution in [0, 0.1) is 11.3 Å². The summed E-state index contributed by atoms with van der Waals surface area (Å²) in [5.41, 5.74) is 0.248. The average Bonchev–Trinajstić information content (AvgIpc) is 2.81. The third-order valence-electron chi connectivity index (χ3n) is 3.66. The molecule has 2 N–H and O–H groups in total. The summed E-state index contributed by atoms with van der Waals surface area (Å²) < 4.78 is 5.49. The fraction of sp³-hybridized carbons (Fsp3) is 0.733. The normalized spacial score (nSPS) is 14.0. The molecule has 19 heavy (non-hydrogen) atoms. The summed E-state index contributed by atoms with van der Waals surface area (Å²) in [5.74, 6) is 0.618. The number of nitrogens with one attached hydrogen (secondary N) is 1. The Kier molecular flexibility index (Phi) is 7.00. The zero-order chi connectivity index (χ0) is 14.3. The molecule has 0 aromatic carbocycles. The van der Waals surface area contributed by atoms with Crippen LogP contribution in [0.25, 0.3) is 0 Å². The molecule has 0 spiro atoms. The van der Waals surface area contributed by atoms with Gasteiger partial charge in [-0.25, -0.2) is 0 Å². The lowest BCUT2D eigenvalue weighted by Gasteiger charge is -2.30. The number of ether oxygens (including phenoxy) is 1. The van der Waals surface area contributed by atoms with E-state index in [0.29, 0.717) is 25.7 Å². The minimum Gasteiger partial charge on any atom is -0.389 e. The first-order valence-electron chi connectivity index (χ1n) is 6.90. The van der Waals surface area contributed by atoms with E-state index in [4.69, 9.17) is 4.74 Å². The van der Waals surface area contributed by atoms with Gasteiger partial charge < -0.3 is 15.2 Å². The average molecular weight is 285 g/mol. The third-order valence-corrected chi connectivity index (χ3v) is 4.51. The van der Waals surface area contributed by atoms with Crippen molar-refractivity contribution in [2.45, 2.75) is 40.4 Å². The predicted octanol–water partition coefficient (Wildman–Crippen LogP) is 2.90.